The second-order valence-electron chi connectivity index (χ2n) is 7.55. The fourth-order valence-corrected chi connectivity index (χ4v) is 5.30. The summed E-state index contributed by atoms with van der Waals surface area (Å²) in [7, 11) is 1.35. The smallest absolute Gasteiger partial charge is 0.313 e. The van der Waals surface area contributed by atoms with E-state index in [4.69, 9.17) is 10.5 Å². The third-order valence-electron chi connectivity index (χ3n) is 5.75. The minimum absolute atomic E-state index is 0.428. The highest BCUT2D eigenvalue weighted by Gasteiger charge is 2.34. The standard InChI is InChI=1S/C22H25Br2N3O3/c1-30-22(29)20(16-10-18(23)21(25)19(24)11-16)17(13-28)12-27-8-4-15(5-9-27)14-2-6-26-7-3-14/h2-3,6-7,10-11,13,15,17,20H,4-5,8-9,12,25H2,1H3/t17-,20-/m0/s1. The molecule has 0 spiro atoms. The van der Waals surface area contributed by atoms with E-state index in [1.54, 1.807) is 12.1 Å². The first-order valence-corrected chi connectivity index (χ1v) is 11.4. The van der Waals surface area contributed by atoms with E-state index in [0.717, 1.165) is 32.2 Å². The summed E-state index contributed by atoms with van der Waals surface area (Å²) in [5, 5.41) is 0. The van der Waals surface area contributed by atoms with Crippen molar-refractivity contribution in [3.05, 3.63) is 56.7 Å². The first-order valence-electron chi connectivity index (χ1n) is 9.84. The number of aldehydes is 1. The van der Waals surface area contributed by atoms with Gasteiger partial charge < -0.3 is 20.2 Å². The number of ether oxygens (including phenoxy) is 1. The molecule has 1 aromatic heterocycles. The van der Waals surface area contributed by atoms with Crippen LogP contribution in [0, 0.1) is 5.92 Å². The molecule has 1 aliphatic rings. The van der Waals surface area contributed by atoms with Gasteiger partial charge in [-0.3, -0.25) is 9.78 Å². The van der Waals surface area contributed by atoms with Gasteiger partial charge in [-0.2, -0.15) is 0 Å². The van der Waals surface area contributed by atoms with Crippen LogP contribution in [0.4, 0.5) is 5.69 Å². The van der Waals surface area contributed by atoms with Crippen molar-refractivity contribution >= 4 is 49.8 Å². The quantitative estimate of drug-likeness (QED) is 0.324. The van der Waals surface area contributed by atoms with Gasteiger partial charge in [-0.1, -0.05) is 0 Å². The van der Waals surface area contributed by atoms with Crippen molar-refractivity contribution in [3.8, 4) is 0 Å². The number of piperidine rings is 1. The van der Waals surface area contributed by atoms with Gasteiger partial charge in [0.1, 0.15) is 6.29 Å². The van der Waals surface area contributed by atoms with E-state index in [0.29, 0.717) is 32.7 Å². The van der Waals surface area contributed by atoms with E-state index in [9.17, 15) is 9.59 Å². The van der Waals surface area contributed by atoms with Crippen molar-refractivity contribution in [1.82, 2.24) is 9.88 Å². The third-order valence-corrected chi connectivity index (χ3v) is 7.06. The number of carbonyl (C=O) groups excluding carboxylic acids is 2. The summed E-state index contributed by atoms with van der Waals surface area (Å²) >= 11 is 6.85. The Morgan fingerprint density at radius 2 is 1.87 bits per heavy atom. The van der Waals surface area contributed by atoms with Crippen LogP contribution in [0.15, 0.2) is 45.6 Å². The molecule has 1 saturated heterocycles. The molecule has 8 heteroatoms. The first-order chi connectivity index (χ1) is 14.4. The second kappa shape index (κ2) is 10.5. The van der Waals surface area contributed by atoms with Gasteiger partial charge in [-0.25, -0.2) is 0 Å². The van der Waals surface area contributed by atoms with Gasteiger partial charge in [0, 0.05) is 33.8 Å². The maximum absolute atomic E-state index is 12.6. The zero-order valence-corrected chi connectivity index (χ0v) is 19.9. The van der Waals surface area contributed by atoms with Gasteiger partial charge in [-0.05, 0) is 99.1 Å². The third kappa shape index (κ3) is 5.28. The number of benzene rings is 1. The summed E-state index contributed by atoms with van der Waals surface area (Å²) in [4.78, 5) is 31.0. The number of methoxy groups -OCH3 is 1. The molecule has 2 heterocycles. The molecular weight excluding hydrogens is 514 g/mol. The number of pyridine rings is 1. The SMILES string of the molecule is COC(=O)[C@@H](c1cc(Br)c(N)c(Br)c1)[C@H](C=O)CN1CCC(c2ccncc2)CC1. The average Bonchev–Trinajstić information content (AvgIpc) is 2.77. The van der Waals surface area contributed by atoms with Gasteiger partial charge in [0.15, 0.2) is 0 Å². The molecule has 1 aliphatic heterocycles. The normalized spacial score (nSPS) is 17.3. The molecule has 1 aromatic carbocycles. The minimum Gasteiger partial charge on any atom is -0.469 e. The van der Waals surface area contributed by atoms with Crippen LogP contribution in [-0.4, -0.2) is 48.9 Å². The molecule has 0 saturated carbocycles. The number of hydrogen-bond acceptors (Lipinski definition) is 6. The Morgan fingerprint density at radius 3 is 2.40 bits per heavy atom. The van der Waals surface area contributed by atoms with E-state index < -0.39 is 17.8 Å². The molecule has 2 atom stereocenters. The minimum atomic E-state index is -0.696. The Kier molecular flexibility index (Phi) is 8.02. The molecule has 0 bridgehead atoms. The highest BCUT2D eigenvalue weighted by atomic mass is 79.9. The topological polar surface area (TPSA) is 85.5 Å². The zero-order chi connectivity index (χ0) is 21.7. The van der Waals surface area contributed by atoms with Crippen molar-refractivity contribution < 1.29 is 14.3 Å². The lowest BCUT2D eigenvalue weighted by Gasteiger charge is -2.34. The summed E-state index contributed by atoms with van der Waals surface area (Å²) in [6, 6.07) is 7.71. The zero-order valence-electron chi connectivity index (χ0n) is 16.8. The number of carbonyl (C=O) groups is 2. The van der Waals surface area contributed by atoms with E-state index in [2.05, 4.69) is 53.9 Å². The summed E-state index contributed by atoms with van der Waals surface area (Å²) in [5.41, 5.74) is 8.53. The first kappa shape index (κ1) is 22.9. The Labute approximate surface area is 193 Å². The van der Waals surface area contributed by atoms with Crippen LogP contribution in [-0.2, 0) is 14.3 Å². The number of anilines is 1. The van der Waals surface area contributed by atoms with E-state index in [1.165, 1.54) is 12.7 Å². The lowest BCUT2D eigenvalue weighted by molar-refractivity contribution is -0.145. The number of nitrogens with two attached hydrogens (primary N) is 1. The van der Waals surface area contributed by atoms with Crippen LogP contribution >= 0.6 is 31.9 Å². The van der Waals surface area contributed by atoms with Gasteiger partial charge in [0.05, 0.1) is 18.7 Å². The highest BCUT2D eigenvalue weighted by molar-refractivity contribution is 9.11. The molecule has 0 radical (unpaired) electrons. The van der Waals surface area contributed by atoms with E-state index >= 15 is 0 Å². The molecule has 0 aliphatic carbocycles. The van der Waals surface area contributed by atoms with Crippen LogP contribution in [0.2, 0.25) is 0 Å². The molecule has 3 rings (SSSR count). The fraction of sp³-hybridized carbons (Fsp3) is 0.409. The number of nitrogen functional groups attached to an aromatic ring is 1. The monoisotopic (exact) mass is 537 g/mol. The summed E-state index contributed by atoms with van der Waals surface area (Å²) in [6.45, 7) is 2.26. The van der Waals surface area contributed by atoms with Crippen molar-refractivity contribution in [3.63, 3.8) is 0 Å². The van der Waals surface area contributed by atoms with Gasteiger partial charge >= 0.3 is 5.97 Å². The summed E-state index contributed by atoms with van der Waals surface area (Å²) < 4.78 is 6.38. The van der Waals surface area contributed by atoms with Crippen molar-refractivity contribution in [2.75, 3.05) is 32.5 Å². The molecule has 1 fully saturated rings. The molecule has 30 heavy (non-hydrogen) atoms. The van der Waals surface area contributed by atoms with E-state index in [-0.39, 0.29) is 0 Å². The molecule has 2 N–H and O–H groups in total. The lowest BCUT2D eigenvalue weighted by Crippen LogP contribution is -2.40. The van der Waals surface area contributed by atoms with Crippen LogP contribution in [0.1, 0.15) is 35.8 Å². The summed E-state index contributed by atoms with van der Waals surface area (Å²) in [5.74, 6) is -1.14. The van der Waals surface area contributed by atoms with E-state index in [1.807, 2.05) is 12.4 Å². The molecular formula is C22H25Br2N3O3. The average molecular weight is 539 g/mol. The summed E-state index contributed by atoms with van der Waals surface area (Å²) in [6.07, 6.45) is 6.55. The largest absolute Gasteiger partial charge is 0.469 e. The number of nitrogens with zero attached hydrogens (tertiary/aromatic N) is 2. The van der Waals surface area contributed by atoms with Crippen molar-refractivity contribution in [2.24, 2.45) is 5.92 Å². The van der Waals surface area contributed by atoms with Gasteiger partial charge in [0.25, 0.3) is 0 Å². The number of likely N-dealkylation sites (tertiary alicyclic amines) is 1. The second-order valence-corrected chi connectivity index (χ2v) is 9.26. The number of aromatic nitrogens is 1. The van der Waals surface area contributed by atoms with Crippen LogP contribution in [0.3, 0.4) is 0 Å². The molecule has 6 nitrogen and oxygen atoms in total. The van der Waals surface area contributed by atoms with Crippen LogP contribution in [0.25, 0.3) is 0 Å². The number of esters is 1. The number of hydrogen-bond donors (Lipinski definition) is 1. The Hall–Kier alpha value is -1.77. The van der Waals surface area contributed by atoms with Crippen LogP contribution in [0.5, 0.6) is 0 Å². The Bertz CT molecular complexity index is 863. The maximum atomic E-state index is 12.6. The molecule has 160 valence electrons. The van der Waals surface area contributed by atoms with Crippen molar-refractivity contribution in [1.29, 1.82) is 0 Å². The van der Waals surface area contributed by atoms with Gasteiger partial charge in [-0.15, -0.1) is 0 Å². The van der Waals surface area contributed by atoms with Crippen molar-refractivity contribution in [2.45, 2.75) is 24.7 Å². The van der Waals surface area contributed by atoms with Gasteiger partial charge in [0.2, 0.25) is 0 Å². The Morgan fingerprint density at radius 1 is 1.27 bits per heavy atom. The number of halogens is 2. The maximum Gasteiger partial charge on any atom is 0.313 e. The molecule has 2 aromatic rings. The lowest BCUT2D eigenvalue weighted by atomic mass is 9.85. The fourth-order valence-electron chi connectivity index (χ4n) is 4.08. The highest BCUT2D eigenvalue weighted by Crippen LogP contribution is 2.36. The predicted molar refractivity (Wildman–Crippen MR) is 123 cm³/mol. The van der Waals surface area contributed by atoms with Crippen LogP contribution < -0.4 is 5.73 Å². The Balaban J connectivity index is 1.74. The molecule has 0 amide bonds. The number of rotatable bonds is 7. The predicted octanol–water partition coefficient (Wildman–Crippen LogP) is 4.14. The molecule has 0 unspecified atom stereocenters.